The van der Waals surface area contributed by atoms with Crippen molar-refractivity contribution in [3.8, 4) is 5.75 Å². The lowest BCUT2D eigenvalue weighted by atomic mass is 10.00. The smallest absolute Gasteiger partial charge is 0.199 e. The molecule has 2 aliphatic rings. The lowest BCUT2D eigenvalue weighted by Gasteiger charge is -2.38. The summed E-state index contributed by atoms with van der Waals surface area (Å²) in [5, 5.41) is 10.7. The van der Waals surface area contributed by atoms with Crippen LogP contribution >= 0.6 is 0 Å². The molecule has 36 heavy (non-hydrogen) atoms. The van der Waals surface area contributed by atoms with E-state index in [-0.39, 0.29) is 28.5 Å². The van der Waals surface area contributed by atoms with E-state index in [9.17, 15) is 4.39 Å². The summed E-state index contributed by atoms with van der Waals surface area (Å²) in [6.07, 6.45) is 3.47. The zero-order valence-corrected chi connectivity index (χ0v) is 21.0. The average molecular weight is 496 g/mol. The van der Waals surface area contributed by atoms with Gasteiger partial charge in [0.05, 0.1) is 5.52 Å². The Bertz CT molecular complexity index is 1370. The molecule has 10 heteroatoms. The molecule has 1 aromatic carbocycles. The SMILES string of the molecule is Cc1cc(N=C2/C=C(/N3CCNCC3C)CCC(C)C(Oc3cc(F)c4[nH]c(C)cc4c3F)=N2)n[nH]1. The second kappa shape index (κ2) is 9.85. The maximum Gasteiger partial charge on any atom is 0.199 e. The van der Waals surface area contributed by atoms with Gasteiger partial charge in [-0.15, -0.1) is 0 Å². The van der Waals surface area contributed by atoms with Crippen LogP contribution in [0.5, 0.6) is 5.75 Å². The quantitative estimate of drug-likeness (QED) is 0.482. The number of allylic oxidation sites excluding steroid dienone is 1. The zero-order chi connectivity index (χ0) is 25.4. The summed E-state index contributed by atoms with van der Waals surface area (Å²) in [5.41, 5.74) is 2.81. The number of hydrogen-bond acceptors (Lipinski definition) is 5. The third kappa shape index (κ3) is 4.90. The molecular formula is C26H31F2N7O. The van der Waals surface area contributed by atoms with Gasteiger partial charge in [0.1, 0.15) is 0 Å². The van der Waals surface area contributed by atoms with Crippen LogP contribution < -0.4 is 10.1 Å². The highest BCUT2D eigenvalue weighted by Gasteiger charge is 2.26. The van der Waals surface area contributed by atoms with E-state index in [1.807, 2.05) is 26.0 Å². The van der Waals surface area contributed by atoms with E-state index in [0.717, 1.165) is 49.9 Å². The maximum absolute atomic E-state index is 15.3. The zero-order valence-electron chi connectivity index (χ0n) is 21.0. The van der Waals surface area contributed by atoms with Gasteiger partial charge < -0.3 is 19.9 Å². The fourth-order valence-electron chi connectivity index (χ4n) is 4.74. The normalized spacial score (nSPS) is 23.8. The first-order valence-electron chi connectivity index (χ1n) is 12.3. The third-order valence-corrected chi connectivity index (χ3v) is 6.68. The molecule has 0 spiro atoms. The Balaban J connectivity index is 1.56. The topological polar surface area (TPSA) is 93.7 Å². The number of ether oxygens (including phenoxy) is 1. The number of amidine groups is 1. The van der Waals surface area contributed by atoms with Crippen LogP contribution in [0.15, 0.2) is 40.0 Å². The summed E-state index contributed by atoms with van der Waals surface area (Å²) in [4.78, 5) is 14.6. The standard InChI is InChI=1S/C26H31F2N7O/c1-14-5-6-18(35-8-7-29-13-17(35)4)11-22(31-23-10-16(3)33-34-23)32-26(14)36-21-12-20(27)25-19(24(21)28)9-15(2)30-25/h9-12,14,17,29-30H,5-8,13H2,1-4H3,(H,33,34)/b18-11+,31-22?,32-26?. The Hall–Kier alpha value is -3.53. The van der Waals surface area contributed by atoms with Crippen molar-refractivity contribution in [3.63, 3.8) is 0 Å². The highest BCUT2D eigenvalue weighted by molar-refractivity contribution is 6.04. The van der Waals surface area contributed by atoms with Crippen LogP contribution in [0.3, 0.4) is 0 Å². The number of hydrogen-bond donors (Lipinski definition) is 3. The van der Waals surface area contributed by atoms with Crippen molar-refractivity contribution in [3.05, 3.63) is 53.0 Å². The molecule has 2 unspecified atom stereocenters. The summed E-state index contributed by atoms with van der Waals surface area (Å²) in [6.45, 7) is 10.5. The van der Waals surface area contributed by atoms with Gasteiger partial charge in [-0.3, -0.25) is 5.10 Å². The lowest BCUT2D eigenvalue weighted by Crippen LogP contribution is -2.49. The fourth-order valence-corrected chi connectivity index (χ4v) is 4.74. The molecule has 1 fully saturated rings. The van der Waals surface area contributed by atoms with Gasteiger partial charge in [-0.2, -0.15) is 10.1 Å². The highest BCUT2D eigenvalue weighted by atomic mass is 19.1. The third-order valence-electron chi connectivity index (χ3n) is 6.68. The van der Waals surface area contributed by atoms with Crippen molar-refractivity contribution < 1.29 is 13.5 Å². The van der Waals surface area contributed by atoms with Crippen LogP contribution in [0.25, 0.3) is 10.9 Å². The van der Waals surface area contributed by atoms with Gasteiger partial charge in [0.25, 0.3) is 0 Å². The van der Waals surface area contributed by atoms with Crippen LogP contribution in [0.1, 0.15) is 38.1 Å². The first-order valence-corrected chi connectivity index (χ1v) is 12.3. The monoisotopic (exact) mass is 495 g/mol. The number of benzene rings is 1. The minimum atomic E-state index is -0.625. The number of aryl methyl sites for hydroxylation is 2. The lowest BCUT2D eigenvalue weighted by molar-refractivity contribution is 0.214. The number of nitrogens with zero attached hydrogens (tertiary/aromatic N) is 4. The van der Waals surface area contributed by atoms with Crippen molar-refractivity contribution in [2.45, 2.75) is 46.6 Å². The largest absolute Gasteiger partial charge is 0.439 e. The summed E-state index contributed by atoms with van der Waals surface area (Å²) in [6, 6.07) is 4.80. The molecule has 0 bridgehead atoms. The molecule has 2 atom stereocenters. The second-order valence-corrected chi connectivity index (χ2v) is 9.66. The fraction of sp³-hybridized carbons (Fsp3) is 0.423. The average Bonchev–Trinajstić information content (AvgIpc) is 3.44. The Morgan fingerprint density at radius 3 is 2.72 bits per heavy atom. The molecule has 3 N–H and O–H groups in total. The first kappa shape index (κ1) is 24.2. The Kier molecular flexibility index (Phi) is 6.61. The molecule has 190 valence electrons. The summed E-state index contributed by atoms with van der Waals surface area (Å²) in [5.74, 6) is -0.365. The summed E-state index contributed by atoms with van der Waals surface area (Å²) < 4.78 is 36.0. The van der Waals surface area contributed by atoms with Gasteiger partial charge in [0, 0.05) is 72.3 Å². The molecule has 8 nitrogen and oxygen atoms in total. The maximum atomic E-state index is 15.3. The number of aliphatic imine (C=N–C) groups is 2. The molecule has 3 aromatic rings. The van der Waals surface area contributed by atoms with Crippen molar-refractivity contribution in [2.75, 3.05) is 19.6 Å². The van der Waals surface area contributed by atoms with E-state index < -0.39 is 11.6 Å². The summed E-state index contributed by atoms with van der Waals surface area (Å²) >= 11 is 0. The van der Waals surface area contributed by atoms with Crippen LogP contribution in [0, 0.1) is 31.4 Å². The predicted molar refractivity (Wildman–Crippen MR) is 137 cm³/mol. The van der Waals surface area contributed by atoms with E-state index >= 15 is 4.39 Å². The van der Waals surface area contributed by atoms with Gasteiger partial charge in [0.15, 0.2) is 34.9 Å². The van der Waals surface area contributed by atoms with Crippen molar-refractivity contribution >= 4 is 28.5 Å². The highest BCUT2D eigenvalue weighted by Crippen LogP contribution is 2.31. The Labute approximate surface area is 208 Å². The van der Waals surface area contributed by atoms with Gasteiger partial charge in [0.2, 0.25) is 0 Å². The molecule has 0 amide bonds. The van der Waals surface area contributed by atoms with Gasteiger partial charge in [-0.05, 0) is 39.7 Å². The van der Waals surface area contributed by atoms with E-state index in [4.69, 9.17) is 9.73 Å². The van der Waals surface area contributed by atoms with E-state index in [1.165, 1.54) is 0 Å². The van der Waals surface area contributed by atoms with Crippen molar-refractivity contribution in [2.24, 2.45) is 15.9 Å². The molecule has 5 rings (SSSR count). The van der Waals surface area contributed by atoms with E-state index in [0.29, 0.717) is 23.4 Å². The van der Waals surface area contributed by atoms with Crippen molar-refractivity contribution in [1.29, 1.82) is 0 Å². The molecule has 1 saturated heterocycles. The van der Waals surface area contributed by atoms with E-state index in [1.54, 1.807) is 13.0 Å². The number of piperazine rings is 1. The molecule has 0 radical (unpaired) electrons. The minimum absolute atomic E-state index is 0.124. The van der Waals surface area contributed by atoms with Crippen LogP contribution in [-0.4, -0.2) is 57.5 Å². The number of H-pyrrole nitrogens is 2. The molecule has 0 aliphatic carbocycles. The molecule has 4 heterocycles. The van der Waals surface area contributed by atoms with Crippen LogP contribution in [-0.2, 0) is 0 Å². The molecule has 2 aromatic heterocycles. The first-order chi connectivity index (χ1) is 17.3. The number of nitrogens with one attached hydrogen (secondary N) is 3. The number of aromatic amines is 2. The van der Waals surface area contributed by atoms with Gasteiger partial charge in [-0.25, -0.2) is 13.8 Å². The van der Waals surface area contributed by atoms with Gasteiger partial charge >= 0.3 is 0 Å². The Morgan fingerprint density at radius 2 is 1.97 bits per heavy atom. The number of fused-ring (bicyclic) bond motifs is 1. The number of halogens is 2. The minimum Gasteiger partial charge on any atom is -0.439 e. The summed E-state index contributed by atoms with van der Waals surface area (Å²) in [7, 11) is 0. The molecular weight excluding hydrogens is 464 g/mol. The molecule has 2 aliphatic heterocycles. The van der Waals surface area contributed by atoms with Crippen molar-refractivity contribution in [1.82, 2.24) is 25.4 Å². The van der Waals surface area contributed by atoms with Crippen LogP contribution in [0.4, 0.5) is 14.6 Å². The predicted octanol–water partition coefficient (Wildman–Crippen LogP) is 4.90. The number of rotatable bonds is 3. The van der Waals surface area contributed by atoms with Gasteiger partial charge in [-0.1, -0.05) is 6.92 Å². The number of aromatic nitrogens is 3. The molecule has 0 saturated carbocycles. The van der Waals surface area contributed by atoms with Crippen LogP contribution in [0.2, 0.25) is 0 Å². The second-order valence-electron chi connectivity index (χ2n) is 9.66. The Morgan fingerprint density at radius 1 is 1.14 bits per heavy atom. The van der Waals surface area contributed by atoms with E-state index in [2.05, 4.69) is 37.3 Å².